The first-order chi connectivity index (χ1) is 14.4. The molecule has 9 nitrogen and oxygen atoms in total. The van der Waals surface area contributed by atoms with Crippen LogP contribution in [0.25, 0.3) is 17.2 Å². The van der Waals surface area contributed by atoms with Crippen molar-refractivity contribution < 1.29 is 28.3 Å². The maximum atomic E-state index is 12.1. The fraction of sp³-hybridized carbons (Fsp3) is 0.143. The lowest BCUT2D eigenvalue weighted by molar-refractivity contribution is -0.142. The molecule has 154 valence electrons. The summed E-state index contributed by atoms with van der Waals surface area (Å²) in [6, 6.07) is 11.9. The fourth-order valence-corrected chi connectivity index (χ4v) is 2.56. The Bertz CT molecular complexity index is 1090. The number of aromatic nitrogens is 1. The lowest BCUT2D eigenvalue weighted by Gasteiger charge is -2.12. The summed E-state index contributed by atoms with van der Waals surface area (Å²) in [4.78, 5) is 39.4. The van der Waals surface area contributed by atoms with Crippen molar-refractivity contribution >= 4 is 46.3 Å². The largest absolute Gasteiger partial charge is 0.495 e. The van der Waals surface area contributed by atoms with E-state index in [1.165, 1.54) is 26.2 Å². The van der Waals surface area contributed by atoms with E-state index in [-0.39, 0.29) is 11.8 Å². The van der Waals surface area contributed by atoms with E-state index < -0.39 is 18.5 Å². The van der Waals surface area contributed by atoms with Crippen LogP contribution in [-0.4, -0.2) is 36.5 Å². The van der Waals surface area contributed by atoms with Crippen LogP contribution in [0.15, 0.2) is 53.0 Å². The molecule has 0 fully saturated rings. The van der Waals surface area contributed by atoms with Crippen LogP contribution >= 0.6 is 0 Å². The van der Waals surface area contributed by atoms with Gasteiger partial charge >= 0.3 is 5.97 Å². The van der Waals surface area contributed by atoms with E-state index >= 15 is 0 Å². The standard InChI is InChI=1S/C21H19N3O6/c1-13(25)22-14-7-8-17(28-2)16(11-14)23-19(26)12-29-21(27)10-9-20-24-15-5-3-4-6-18(15)30-20/h3-11H,12H2,1-2H3,(H,22,25)(H,23,26)/b10-9+. The minimum Gasteiger partial charge on any atom is -0.495 e. The highest BCUT2D eigenvalue weighted by atomic mass is 16.5. The summed E-state index contributed by atoms with van der Waals surface area (Å²) in [7, 11) is 1.44. The fourth-order valence-electron chi connectivity index (χ4n) is 2.56. The molecule has 0 aliphatic heterocycles. The predicted octanol–water partition coefficient (Wildman–Crippen LogP) is 2.99. The molecule has 2 amide bonds. The molecule has 0 saturated heterocycles. The Labute approximate surface area is 171 Å². The number of anilines is 2. The van der Waals surface area contributed by atoms with Gasteiger partial charge in [-0.25, -0.2) is 9.78 Å². The molecule has 1 aromatic heterocycles. The molecule has 30 heavy (non-hydrogen) atoms. The SMILES string of the molecule is COc1ccc(NC(C)=O)cc1NC(=O)COC(=O)/C=C/c1nc2ccccc2o1. The van der Waals surface area contributed by atoms with Gasteiger partial charge in [-0.2, -0.15) is 0 Å². The quantitative estimate of drug-likeness (QED) is 0.455. The number of esters is 1. The second-order valence-electron chi connectivity index (χ2n) is 6.11. The summed E-state index contributed by atoms with van der Waals surface area (Å²) in [5.41, 5.74) is 2.07. The van der Waals surface area contributed by atoms with E-state index in [4.69, 9.17) is 13.9 Å². The molecule has 0 atom stereocenters. The highest BCUT2D eigenvalue weighted by Crippen LogP contribution is 2.27. The second kappa shape index (κ2) is 9.37. The first-order valence-electron chi connectivity index (χ1n) is 8.90. The topological polar surface area (TPSA) is 120 Å². The number of rotatable bonds is 7. The number of methoxy groups -OCH3 is 1. The summed E-state index contributed by atoms with van der Waals surface area (Å²) in [6.45, 7) is 0.862. The molecule has 2 aromatic carbocycles. The van der Waals surface area contributed by atoms with Crippen LogP contribution in [-0.2, 0) is 19.1 Å². The Kier molecular flexibility index (Phi) is 6.43. The zero-order chi connectivity index (χ0) is 21.5. The lowest BCUT2D eigenvalue weighted by atomic mass is 10.2. The summed E-state index contributed by atoms with van der Waals surface area (Å²) in [5.74, 6) is -0.919. The zero-order valence-electron chi connectivity index (χ0n) is 16.3. The van der Waals surface area contributed by atoms with E-state index in [0.717, 1.165) is 6.08 Å². The molecular weight excluding hydrogens is 390 g/mol. The van der Waals surface area contributed by atoms with Crippen LogP contribution in [0, 0.1) is 0 Å². The van der Waals surface area contributed by atoms with Crippen LogP contribution in [0.4, 0.5) is 11.4 Å². The van der Waals surface area contributed by atoms with E-state index in [9.17, 15) is 14.4 Å². The molecule has 0 aliphatic rings. The van der Waals surface area contributed by atoms with Gasteiger partial charge < -0.3 is 24.5 Å². The molecule has 0 unspecified atom stereocenters. The molecular formula is C21H19N3O6. The summed E-state index contributed by atoms with van der Waals surface area (Å²) in [5, 5.41) is 5.18. The molecule has 3 rings (SSSR count). The number of amides is 2. The van der Waals surface area contributed by atoms with Gasteiger partial charge in [-0.05, 0) is 30.3 Å². The number of carbonyl (C=O) groups excluding carboxylic acids is 3. The van der Waals surface area contributed by atoms with Crippen molar-refractivity contribution in [3.05, 3.63) is 54.4 Å². The number of benzene rings is 2. The van der Waals surface area contributed by atoms with Gasteiger partial charge in [0.15, 0.2) is 12.2 Å². The number of carbonyl (C=O) groups is 3. The normalized spacial score (nSPS) is 10.7. The summed E-state index contributed by atoms with van der Waals surface area (Å²) in [6.07, 6.45) is 2.48. The highest BCUT2D eigenvalue weighted by molar-refractivity contribution is 5.97. The molecule has 1 heterocycles. The van der Waals surface area contributed by atoms with Crippen molar-refractivity contribution in [1.29, 1.82) is 0 Å². The van der Waals surface area contributed by atoms with Gasteiger partial charge in [0, 0.05) is 24.8 Å². The molecule has 0 radical (unpaired) electrons. The number of hydrogen-bond donors (Lipinski definition) is 2. The van der Waals surface area contributed by atoms with Crippen LogP contribution in [0.1, 0.15) is 12.8 Å². The molecule has 0 spiro atoms. The third kappa shape index (κ3) is 5.44. The van der Waals surface area contributed by atoms with Gasteiger partial charge in [-0.1, -0.05) is 12.1 Å². The number of nitrogens with zero attached hydrogens (tertiary/aromatic N) is 1. The van der Waals surface area contributed by atoms with Gasteiger partial charge in [0.05, 0.1) is 12.8 Å². The first kappa shape index (κ1) is 20.6. The number of hydrogen-bond acceptors (Lipinski definition) is 7. The maximum Gasteiger partial charge on any atom is 0.331 e. The van der Waals surface area contributed by atoms with E-state index in [1.54, 1.807) is 24.3 Å². The summed E-state index contributed by atoms with van der Waals surface area (Å²) >= 11 is 0. The minimum absolute atomic E-state index is 0.247. The van der Waals surface area contributed by atoms with E-state index in [2.05, 4.69) is 15.6 Å². The van der Waals surface area contributed by atoms with Crippen LogP contribution in [0.2, 0.25) is 0 Å². The predicted molar refractivity (Wildman–Crippen MR) is 110 cm³/mol. The molecule has 2 N–H and O–H groups in total. The highest BCUT2D eigenvalue weighted by Gasteiger charge is 2.11. The number of para-hydroxylation sites is 2. The number of fused-ring (bicyclic) bond motifs is 1. The maximum absolute atomic E-state index is 12.1. The Hall–Kier alpha value is -4.14. The molecule has 0 saturated carbocycles. The van der Waals surface area contributed by atoms with Crippen molar-refractivity contribution in [1.82, 2.24) is 4.98 Å². The number of oxazole rings is 1. The summed E-state index contributed by atoms with van der Waals surface area (Å²) < 4.78 is 15.6. The smallest absolute Gasteiger partial charge is 0.331 e. The van der Waals surface area contributed by atoms with Gasteiger partial charge in [-0.3, -0.25) is 9.59 Å². The van der Waals surface area contributed by atoms with E-state index in [1.807, 2.05) is 12.1 Å². The van der Waals surface area contributed by atoms with Crippen molar-refractivity contribution in [2.45, 2.75) is 6.92 Å². The average molecular weight is 409 g/mol. The van der Waals surface area contributed by atoms with Gasteiger partial charge in [0.1, 0.15) is 11.3 Å². The van der Waals surface area contributed by atoms with Crippen molar-refractivity contribution in [2.24, 2.45) is 0 Å². The number of ether oxygens (including phenoxy) is 2. The first-order valence-corrected chi connectivity index (χ1v) is 8.90. The minimum atomic E-state index is -0.730. The number of nitrogens with one attached hydrogen (secondary N) is 2. The Morgan fingerprint density at radius 2 is 1.93 bits per heavy atom. The van der Waals surface area contributed by atoms with Crippen LogP contribution < -0.4 is 15.4 Å². The zero-order valence-corrected chi connectivity index (χ0v) is 16.3. The Morgan fingerprint density at radius 1 is 1.13 bits per heavy atom. The Morgan fingerprint density at radius 3 is 2.67 bits per heavy atom. The monoisotopic (exact) mass is 409 g/mol. The molecule has 3 aromatic rings. The van der Waals surface area contributed by atoms with Gasteiger partial charge in [0.25, 0.3) is 5.91 Å². The molecule has 9 heteroatoms. The lowest BCUT2D eigenvalue weighted by Crippen LogP contribution is -2.20. The second-order valence-corrected chi connectivity index (χ2v) is 6.11. The van der Waals surface area contributed by atoms with Crippen molar-refractivity contribution in [2.75, 3.05) is 24.4 Å². The average Bonchev–Trinajstić information content (AvgIpc) is 3.13. The van der Waals surface area contributed by atoms with Crippen LogP contribution in [0.5, 0.6) is 5.75 Å². The third-order valence-electron chi connectivity index (χ3n) is 3.81. The molecule has 0 bridgehead atoms. The van der Waals surface area contributed by atoms with Gasteiger partial charge in [-0.15, -0.1) is 0 Å². The van der Waals surface area contributed by atoms with Gasteiger partial charge in [0.2, 0.25) is 11.8 Å². The molecule has 0 aliphatic carbocycles. The van der Waals surface area contributed by atoms with Crippen molar-refractivity contribution in [3.8, 4) is 5.75 Å². The third-order valence-corrected chi connectivity index (χ3v) is 3.81. The van der Waals surface area contributed by atoms with E-state index in [0.29, 0.717) is 28.2 Å². The van der Waals surface area contributed by atoms with Crippen molar-refractivity contribution in [3.63, 3.8) is 0 Å². The Balaban J connectivity index is 1.56. The van der Waals surface area contributed by atoms with Crippen LogP contribution in [0.3, 0.4) is 0 Å².